The number of aliphatic hydroxyl groups is 1. The van der Waals surface area contributed by atoms with E-state index < -0.39 is 0 Å². The smallest absolute Gasteiger partial charge is 0.119 e. The summed E-state index contributed by atoms with van der Waals surface area (Å²) in [4.78, 5) is 0. The molecule has 0 saturated carbocycles. The molecule has 0 unspecified atom stereocenters. The number of aliphatic hydroxyl groups excluding tert-OH is 1. The molecule has 0 aromatic heterocycles. The number of hydrogen-bond acceptors (Lipinski definition) is 3. The minimum atomic E-state index is 0.309. The van der Waals surface area contributed by atoms with Crippen molar-refractivity contribution in [1.82, 2.24) is 0 Å². The van der Waals surface area contributed by atoms with Crippen molar-refractivity contribution in [2.24, 2.45) is 0 Å². The van der Waals surface area contributed by atoms with Crippen LogP contribution >= 0.6 is 11.8 Å². The summed E-state index contributed by atoms with van der Waals surface area (Å²) < 4.78 is 5.64. The van der Waals surface area contributed by atoms with Crippen LogP contribution in [0.3, 0.4) is 0 Å². The zero-order valence-electron chi connectivity index (χ0n) is 10.5. The van der Waals surface area contributed by atoms with Crippen LogP contribution in [0.2, 0.25) is 0 Å². The Morgan fingerprint density at radius 1 is 1.06 bits per heavy atom. The Morgan fingerprint density at radius 2 is 1.76 bits per heavy atom. The van der Waals surface area contributed by atoms with Crippen LogP contribution in [0.4, 0.5) is 0 Å². The lowest BCUT2D eigenvalue weighted by Crippen LogP contribution is -1.98. The second-order valence-electron chi connectivity index (χ2n) is 4.06. The summed E-state index contributed by atoms with van der Waals surface area (Å²) in [5.74, 6) is 3.19. The number of benzene rings is 1. The summed E-state index contributed by atoms with van der Waals surface area (Å²) in [7, 11) is 0. The van der Waals surface area contributed by atoms with Gasteiger partial charge >= 0.3 is 0 Å². The second-order valence-corrected chi connectivity index (χ2v) is 5.28. The van der Waals surface area contributed by atoms with Gasteiger partial charge in [-0.15, -0.1) is 0 Å². The van der Waals surface area contributed by atoms with E-state index in [1.807, 2.05) is 23.9 Å². The molecule has 0 fully saturated rings. The fourth-order valence-corrected chi connectivity index (χ4v) is 2.34. The maximum Gasteiger partial charge on any atom is 0.119 e. The van der Waals surface area contributed by atoms with Crippen molar-refractivity contribution >= 4 is 11.8 Å². The highest BCUT2D eigenvalue weighted by Gasteiger charge is 1.94. The SMILES string of the molecule is Cc1ccc(OCCCCSCCCO)cc1. The molecule has 0 aliphatic carbocycles. The lowest BCUT2D eigenvalue weighted by atomic mass is 10.2. The van der Waals surface area contributed by atoms with Gasteiger partial charge < -0.3 is 9.84 Å². The molecule has 3 heteroatoms. The van der Waals surface area contributed by atoms with Gasteiger partial charge in [0, 0.05) is 6.61 Å². The maximum absolute atomic E-state index is 8.62. The minimum absolute atomic E-state index is 0.309. The first-order chi connectivity index (χ1) is 8.33. The topological polar surface area (TPSA) is 29.5 Å². The number of rotatable bonds is 9. The summed E-state index contributed by atoms with van der Waals surface area (Å²) in [6, 6.07) is 8.18. The van der Waals surface area contributed by atoms with E-state index in [-0.39, 0.29) is 0 Å². The van der Waals surface area contributed by atoms with Crippen LogP contribution < -0.4 is 4.74 Å². The zero-order valence-corrected chi connectivity index (χ0v) is 11.3. The summed E-state index contributed by atoms with van der Waals surface area (Å²) in [5.41, 5.74) is 1.26. The van der Waals surface area contributed by atoms with Gasteiger partial charge in [-0.25, -0.2) is 0 Å². The van der Waals surface area contributed by atoms with E-state index in [1.54, 1.807) is 0 Å². The molecular weight excluding hydrogens is 232 g/mol. The molecule has 0 amide bonds. The van der Waals surface area contributed by atoms with Crippen molar-refractivity contribution in [3.63, 3.8) is 0 Å². The Bertz CT molecular complexity index is 285. The first-order valence-electron chi connectivity index (χ1n) is 6.21. The highest BCUT2D eigenvalue weighted by Crippen LogP contribution is 2.12. The molecule has 0 saturated heterocycles. The molecule has 0 atom stereocenters. The van der Waals surface area contributed by atoms with Gasteiger partial charge in [0.05, 0.1) is 6.61 Å². The number of hydrogen-bond donors (Lipinski definition) is 1. The van der Waals surface area contributed by atoms with E-state index in [1.165, 1.54) is 12.0 Å². The van der Waals surface area contributed by atoms with Crippen molar-refractivity contribution < 1.29 is 9.84 Å². The number of thioether (sulfide) groups is 1. The highest BCUT2D eigenvalue weighted by molar-refractivity contribution is 7.99. The van der Waals surface area contributed by atoms with Crippen LogP contribution in [0.25, 0.3) is 0 Å². The molecule has 1 aromatic rings. The Morgan fingerprint density at radius 3 is 2.47 bits per heavy atom. The average Bonchev–Trinajstić information content (AvgIpc) is 2.35. The fourth-order valence-electron chi connectivity index (χ4n) is 1.40. The van der Waals surface area contributed by atoms with Crippen molar-refractivity contribution in [2.75, 3.05) is 24.7 Å². The Hall–Kier alpha value is -0.670. The molecule has 1 aromatic carbocycles. The zero-order chi connectivity index (χ0) is 12.3. The molecule has 0 bridgehead atoms. The quantitative estimate of drug-likeness (QED) is 0.686. The van der Waals surface area contributed by atoms with Gasteiger partial charge in [-0.1, -0.05) is 17.7 Å². The summed E-state index contributed by atoms with van der Waals surface area (Å²) in [6.07, 6.45) is 3.19. The Labute approximate surface area is 108 Å². The maximum atomic E-state index is 8.62. The van der Waals surface area contributed by atoms with Gasteiger partial charge in [-0.3, -0.25) is 0 Å². The third kappa shape index (κ3) is 7.29. The molecule has 0 heterocycles. The molecule has 17 heavy (non-hydrogen) atoms. The van der Waals surface area contributed by atoms with E-state index >= 15 is 0 Å². The summed E-state index contributed by atoms with van der Waals surface area (Å²) in [5, 5.41) is 8.62. The Balaban J connectivity index is 1.95. The lowest BCUT2D eigenvalue weighted by molar-refractivity contribution is 0.296. The lowest BCUT2D eigenvalue weighted by Gasteiger charge is -2.06. The average molecular weight is 254 g/mol. The molecular formula is C14H22O2S. The predicted octanol–water partition coefficient (Wildman–Crippen LogP) is 3.27. The molecule has 0 aliphatic heterocycles. The molecule has 1 rings (SSSR count). The van der Waals surface area contributed by atoms with Gasteiger partial charge in [-0.05, 0) is 49.8 Å². The van der Waals surface area contributed by atoms with Crippen molar-refractivity contribution in [1.29, 1.82) is 0 Å². The van der Waals surface area contributed by atoms with Gasteiger partial charge in [0.2, 0.25) is 0 Å². The highest BCUT2D eigenvalue weighted by atomic mass is 32.2. The van der Waals surface area contributed by atoms with Crippen LogP contribution in [0, 0.1) is 6.92 Å². The summed E-state index contributed by atoms with van der Waals surface area (Å²) >= 11 is 1.91. The standard InChI is InChI=1S/C14H22O2S/c1-13-5-7-14(8-6-13)16-10-2-3-11-17-12-4-9-15/h5-8,15H,2-4,9-12H2,1H3. The van der Waals surface area contributed by atoms with Crippen LogP contribution in [-0.4, -0.2) is 29.8 Å². The summed E-state index contributed by atoms with van der Waals surface area (Å²) in [6.45, 7) is 3.18. The fraction of sp³-hybridized carbons (Fsp3) is 0.571. The van der Waals surface area contributed by atoms with Crippen molar-refractivity contribution in [3.8, 4) is 5.75 Å². The second kappa shape index (κ2) is 9.37. The van der Waals surface area contributed by atoms with Crippen LogP contribution in [0.1, 0.15) is 24.8 Å². The molecule has 2 nitrogen and oxygen atoms in total. The third-order valence-electron chi connectivity index (χ3n) is 2.42. The normalized spacial score (nSPS) is 10.5. The van der Waals surface area contributed by atoms with E-state index in [0.29, 0.717) is 6.61 Å². The number of unbranched alkanes of at least 4 members (excludes halogenated alkanes) is 1. The first kappa shape index (κ1) is 14.4. The van der Waals surface area contributed by atoms with Gasteiger partial charge in [0.25, 0.3) is 0 Å². The minimum Gasteiger partial charge on any atom is -0.494 e. The number of ether oxygens (including phenoxy) is 1. The van der Waals surface area contributed by atoms with Crippen molar-refractivity contribution in [2.45, 2.75) is 26.2 Å². The molecule has 1 N–H and O–H groups in total. The van der Waals surface area contributed by atoms with E-state index in [0.717, 1.165) is 36.7 Å². The molecule has 96 valence electrons. The van der Waals surface area contributed by atoms with E-state index in [4.69, 9.17) is 9.84 Å². The third-order valence-corrected chi connectivity index (χ3v) is 3.57. The van der Waals surface area contributed by atoms with Crippen LogP contribution in [-0.2, 0) is 0 Å². The van der Waals surface area contributed by atoms with E-state index in [2.05, 4.69) is 19.1 Å². The molecule has 0 aliphatic rings. The van der Waals surface area contributed by atoms with Crippen LogP contribution in [0.15, 0.2) is 24.3 Å². The van der Waals surface area contributed by atoms with Crippen LogP contribution in [0.5, 0.6) is 5.75 Å². The van der Waals surface area contributed by atoms with Gasteiger partial charge in [-0.2, -0.15) is 11.8 Å². The predicted molar refractivity (Wildman–Crippen MR) is 74.9 cm³/mol. The largest absolute Gasteiger partial charge is 0.494 e. The van der Waals surface area contributed by atoms with Crippen molar-refractivity contribution in [3.05, 3.63) is 29.8 Å². The van der Waals surface area contributed by atoms with Gasteiger partial charge in [0.15, 0.2) is 0 Å². The van der Waals surface area contributed by atoms with Gasteiger partial charge in [0.1, 0.15) is 5.75 Å². The molecule has 0 radical (unpaired) electrons. The monoisotopic (exact) mass is 254 g/mol. The Kier molecular flexibility index (Phi) is 7.93. The molecule has 0 spiro atoms. The number of aryl methyl sites for hydroxylation is 1. The first-order valence-corrected chi connectivity index (χ1v) is 7.36. The van der Waals surface area contributed by atoms with E-state index in [9.17, 15) is 0 Å².